The second kappa shape index (κ2) is 33.2. The van der Waals surface area contributed by atoms with Gasteiger partial charge >= 0.3 is 40.7 Å². The number of ketones is 1. The lowest BCUT2D eigenvalue weighted by atomic mass is 10.3. The van der Waals surface area contributed by atoms with E-state index in [1.807, 2.05) is 39.6 Å². The van der Waals surface area contributed by atoms with Gasteiger partial charge < -0.3 is 41.2 Å². The van der Waals surface area contributed by atoms with Gasteiger partial charge in [0.25, 0.3) is 22.2 Å². The quantitative estimate of drug-likeness (QED) is 0.0285. The molecule has 0 aliphatic carbocycles. The van der Waals surface area contributed by atoms with E-state index in [-0.39, 0.29) is 39.1 Å². The van der Waals surface area contributed by atoms with Crippen molar-refractivity contribution in [2.75, 3.05) is 53.4 Å². The highest BCUT2D eigenvalue weighted by molar-refractivity contribution is 14.1. The molecule has 0 radical (unpaired) electrons. The molecule has 0 aliphatic heterocycles. The Hall–Kier alpha value is -7.27. The summed E-state index contributed by atoms with van der Waals surface area (Å²) < 4.78 is 3.55. The highest BCUT2D eigenvalue weighted by Crippen LogP contribution is 1.95. The number of H-pyrrole nitrogens is 5. The van der Waals surface area contributed by atoms with E-state index >= 15 is 0 Å². The van der Waals surface area contributed by atoms with E-state index in [4.69, 9.17) is 15.3 Å². The Bertz CT molecular complexity index is 3030. The molecule has 0 bridgehead atoms. The number of likely N-dealkylation sites (N-methyl/N-ethyl adjacent to an activating group) is 2. The lowest BCUT2D eigenvalue weighted by Crippen LogP contribution is -2.43. The predicted octanol–water partition coefficient (Wildman–Crippen LogP) is -4.69. The molecule has 28 nitrogen and oxygen atoms in total. The van der Waals surface area contributed by atoms with Crippen LogP contribution in [-0.2, 0) is 43.6 Å². The van der Waals surface area contributed by atoms with Gasteiger partial charge in [-0.2, -0.15) is 0 Å². The summed E-state index contributed by atoms with van der Waals surface area (Å²) in [6, 6.07) is 0. The maximum absolute atomic E-state index is 12.2. The number of carboxylic acids is 3. The minimum atomic E-state index is -1.17. The summed E-state index contributed by atoms with van der Waals surface area (Å²) >= 11 is 3.54. The van der Waals surface area contributed by atoms with Crippen molar-refractivity contribution in [1.29, 1.82) is 0 Å². The number of nitrogens with zero attached hydrogens (tertiary/aromatic N) is 4. The summed E-state index contributed by atoms with van der Waals surface area (Å²) in [6.07, 6.45) is 4.88. The number of carbonyl (C=O) groups is 5. The van der Waals surface area contributed by atoms with Crippen LogP contribution in [0, 0.1) is 30.8 Å². The van der Waals surface area contributed by atoms with Gasteiger partial charge in [0.2, 0.25) is 5.91 Å². The summed E-state index contributed by atoms with van der Waals surface area (Å²) in [5, 5.41) is 34.5. The molecule has 4 aromatic rings. The number of aromatic amines is 5. The van der Waals surface area contributed by atoms with Gasteiger partial charge in [-0.3, -0.25) is 76.8 Å². The second-order valence-electron chi connectivity index (χ2n) is 13.0. The van der Waals surface area contributed by atoms with Crippen LogP contribution >= 0.6 is 45.2 Å². The molecule has 374 valence electrons. The first kappa shape index (κ1) is 61.7. The average molecular weight is 1190 g/mol. The fourth-order valence-corrected chi connectivity index (χ4v) is 5.17. The monoisotopic (exact) mass is 1190 g/mol. The van der Waals surface area contributed by atoms with Gasteiger partial charge in [-0.1, -0.05) is 11.8 Å². The van der Waals surface area contributed by atoms with Crippen LogP contribution in [0.15, 0.2) is 63.1 Å². The van der Waals surface area contributed by atoms with E-state index in [2.05, 4.69) is 54.6 Å². The van der Waals surface area contributed by atoms with Gasteiger partial charge in [-0.05, 0) is 80.0 Å². The van der Waals surface area contributed by atoms with Crippen LogP contribution in [0.1, 0.15) is 31.9 Å². The summed E-state index contributed by atoms with van der Waals surface area (Å²) in [7, 11) is 3.56. The molecule has 0 saturated carbocycles. The van der Waals surface area contributed by atoms with Crippen LogP contribution in [0.25, 0.3) is 0 Å². The van der Waals surface area contributed by atoms with Gasteiger partial charge in [0.05, 0.1) is 13.7 Å². The number of aliphatic carboxylic acids is 3. The molecular weight excluding hydrogens is 1150 g/mol. The summed E-state index contributed by atoms with van der Waals surface area (Å²) in [6.45, 7) is 5.67. The molecule has 1 amide bonds. The minimum absolute atomic E-state index is 0.0555. The van der Waals surface area contributed by atoms with Crippen LogP contribution in [0.3, 0.4) is 0 Å². The van der Waals surface area contributed by atoms with Crippen molar-refractivity contribution in [1.82, 2.24) is 59.5 Å². The highest BCUT2D eigenvalue weighted by Gasteiger charge is 2.18. The molecule has 30 heteroatoms. The SMILES string of the molecule is CC#Cc1cn(CC(=O)N(CCNC)CC(=O)O)c(=O)[nH]c1=O.CC#Cc1cn(CC(=O)O)c(=O)[nH]c1=O.CNCCNCC(C)=O.O=C(O)Cn1cc(I)c(=O)[nH]c1=O.O=c1[nH]cc(I)c(=O)[nH]1. The molecule has 4 rings (SSSR count). The fourth-order valence-electron chi connectivity index (χ4n) is 4.41. The topological polar surface area (TPSA) is 416 Å². The van der Waals surface area contributed by atoms with Crippen LogP contribution in [0.2, 0.25) is 0 Å². The number of carbonyl (C=O) groups excluding carboxylic acids is 2. The maximum Gasteiger partial charge on any atom is 0.328 e. The molecule has 0 atom stereocenters. The van der Waals surface area contributed by atoms with Crippen molar-refractivity contribution in [2.45, 2.75) is 40.4 Å². The molecule has 0 aliphatic rings. The van der Waals surface area contributed by atoms with E-state index in [0.717, 1.165) is 37.9 Å². The van der Waals surface area contributed by atoms with Crippen LogP contribution in [-0.4, -0.2) is 142 Å². The molecule has 4 heterocycles. The molecule has 0 unspecified atom stereocenters. The van der Waals surface area contributed by atoms with Crippen LogP contribution in [0.5, 0.6) is 0 Å². The number of amides is 1. The molecular formula is C39H48I2N12O16. The molecule has 11 N–H and O–H groups in total. The van der Waals surface area contributed by atoms with E-state index in [1.54, 1.807) is 36.6 Å². The molecule has 69 heavy (non-hydrogen) atoms. The first-order chi connectivity index (χ1) is 32.4. The van der Waals surface area contributed by atoms with Crippen molar-refractivity contribution in [3.8, 4) is 23.7 Å². The lowest BCUT2D eigenvalue weighted by Gasteiger charge is -2.20. The zero-order valence-corrected chi connectivity index (χ0v) is 41.7. The number of aromatic nitrogens is 8. The Balaban J connectivity index is 0.000000879. The molecule has 0 saturated heterocycles. The molecule has 4 aromatic heterocycles. The Morgan fingerprint density at radius 3 is 1.48 bits per heavy atom. The lowest BCUT2D eigenvalue weighted by molar-refractivity contribution is -0.144. The Kier molecular flexibility index (Phi) is 29.7. The van der Waals surface area contributed by atoms with Crippen molar-refractivity contribution in [2.24, 2.45) is 0 Å². The molecule has 0 aromatic carbocycles. The third-order valence-electron chi connectivity index (χ3n) is 7.44. The van der Waals surface area contributed by atoms with Gasteiger partial charge in [0.15, 0.2) is 0 Å². The third-order valence-corrected chi connectivity index (χ3v) is 9.01. The standard InChI is InChI=1S/C14H18N4O5.C9H8N2O4.C6H5IN2O4.C6H14N2O.C4H3IN2O2/c1-3-4-10-7-18(14(23)16-13(10)22)8-11(19)17(6-5-15-2)9-12(20)21;1-2-3-6-4-11(5-7(12)13)9(15)10-8(6)14;7-3-1-9(2-4(10)11)6(13)8-5(3)12;1-6(9)5-8-4-3-7-2;5-2-1-6-4(9)7-3(2)8/h7,15H,5-6,8-9H2,1-2H3,(H,20,21)(H,16,22,23);4H,5H2,1H3,(H,12,13)(H,10,14,15);1H,2H2,(H,10,11)(H,8,12,13);7-8H,3-5H2,1-2H3;1H,(H2,6,7,8,9). The smallest absolute Gasteiger partial charge is 0.328 e. The zero-order valence-electron chi connectivity index (χ0n) is 37.4. The first-order valence-electron chi connectivity index (χ1n) is 19.3. The normalized spacial score (nSPS) is 9.61. The zero-order chi connectivity index (χ0) is 52.8. The van der Waals surface area contributed by atoms with Crippen molar-refractivity contribution < 1.29 is 39.3 Å². The molecule has 0 fully saturated rings. The van der Waals surface area contributed by atoms with Crippen LogP contribution < -0.4 is 60.9 Å². The maximum atomic E-state index is 12.2. The number of rotatable bonds is 16. The second-order valence-corrected chi connectivity index (χ2v) is 15.3. The van der Waals surface area contributed by atoms with Crippen molar-refractivity contribution >= 4 is 74.8 Å². The van der Waals surface area contributed by atoms with Gasteiger partial charge in [0, 0.05) is 51.0 Å². The summed E-state index contributed by atoms with van der Waals surface area (Å²) in [5.41, 5.74) is -4.68. The van der Waals surface area contributed by atoms with E-state index in [9.17, 15) is 62.3 Å². The predicted molar refractivity (Wildman–Crippen MR) is 263 cm³/mol. The van der Waals surface area contributed by atoms with Crippen LogP contribution in [0.4, 0.5) is 0 Å². The van der Waals surface area contributed by atoms with Gasteiger partial charge in [-0.25, -0.2) is 19.2 Å². The average Bonchev–Trinajstić information content (AvgIpc) is 3.25. The number of hydrogen-bond donors (Lipinski definition) is 11. The van der Waals surface area contributed by atoms with Gasteiger partial charge in [0.1, 0.15) is 43.1 Å². The fraction of sp³-hybridized carbons (Fsp3) is 0.359. The summed E-state index contributed by atoms with van der Waals surface area (Å²) in [4.78, 5) is 154. The third kappa shape index (κ3) is 26.0. The van der Waals surface area contributed by atoms with E-state index < -0.39 is 82.9 Å². The summed E-state index contributed by atoms with van der Waals surface area (Å²) in [5.74, 6) is 6.21. The number of carboxylic acid groups (broad SMARTS) is 3. The van der Waals surface area contributed by atoms with Crippen molar-refractivity contribution in [3.05, 3.63) is 126 Å². The largest absolute Gasteiger partial charge is 0.480 e. The number of Topliss-reactive ketones (excluding diaryl/α,β-unsaturated/α-hetero) is 1. The minimum Gasteiger partial charge on any atom is -0.480 e. The number of halogens is 2. The molecule has 0 spiro atoms. The Morgan fingerprint density at radius 1 is 0.623 bits per heavy atom. The number of hydrogen-bond acceptors (Lipinski definition) is 16. The van der Waals surface area contributed by atoms with E-state index in [1.165, 1.54) is 32.4 Å². The number of nitrogens with one attached hydrogen (secondary N) is 8. The van der Waals surface area contributed by atoms with E-state index in [0.29, 0.717) is 16.7 Å². The highest BCUT2D eigenvalue weighted by atomic mass is 127. The first-order valence-corrected chi connectivity index (χ1v) is 21.5. The Labute approximate surface area is 415 Å². The van der Waals surface area contributed by atoms with Gasteiger partial charge in [-0.15, -0.1) is 11.8 Å². The Morgan fingerprint density at radius 2 is 1.07 bits per heavy atom. The van der Waals surface area contributed by atoms with Crippen molar-refractivity contribution in [3.63, 3.8) is 0 Å².